The molecule has 0 aromatic heterocycles. The number of ether oxygens (including phenoxy) is 1. The van der Waals surface area contributed by atoms with Crippen molar-refractivity contribution >= 4 is 15.7 Å². The minimum Gasteiger partial charge on any atom is -0.398 e. The summed E-state index contributed by atoms with van der Waals surface area (Å²) in [6.07, 6.45) is 6.14. The molecule has 5 nitrogen and oxygen atoms in total. The van der Waals surface area contributed by atoms with Crippen LogP contribution in [0.4, 0.5) is 5.69 Å². The van der Waals surface area contributed by atoms with Crippen molar-refractivity contribution < 1.29 is 13.2 Å². The summed E-state index contributed by atoms with van der Waals surface area (Å²) in [4.78, 5) is 0.123. The Kier molecular flexibility index (Phi) is 5.39. The van der Waals surface area contributed by atoms with E-state index in [0.29, 0.717) is 6.61 Å². The molecule has 0 heterocycles. The van der Waals surface area contributed by atoms with E-state index in [-0.39, 0.29) is 23.2 Å². The minimum atomic E-state index is -3.55. The maximum Gasteiger partial charge on any atom is 0.242 e. The van der Waals surface area contributed by atoms with Gasteiger partial charge in [0.25, 0.3) is 0 Å². The maximum absolute atomic E-state index is 12.1. The predicted octanol–water partition coefficient (Wildman–Crippen LogP) is 1.90. The Morgan fingerprint density at radius 1 is 1.20 bits per heavy atom. The second kappa shape index (κ2) is 7.06. The van der Waals surface area contributed by atoms with E-state index in [1.54, 1.807) is 18.2 Å². The Bertz CT molecular complexity index is 525. The number of benzene rings is 1. The SMILES string of the molecule is Nc1ccccc1S(=O)(=O)NCCOC1CCCCC1. The summed E-state index contributed by atoms with van der Waals surface area (Å²) in [6, 6.07) is 6.44. The van der Waals surface area contributed by atoms with E-state index >= 15 is 0 Å². The van der Waals surface area contributed by atoms with Crippen molar-refractivity contribution in [3.63, 3.8) is 0 Å². The number of sulfonamides is 1. The lowest BCUT2D eigenvalue weighted by Crippen LogP contribution is -2.30. The molecule has 0 aliphatic heterocycles. The van der Waals surface area contributed by atoms with Gasteiger partial charge in [-0.1, -0.05) is 31.4 Å². The molecule has 1 fully saturated rings. The number of nitrogens with two attached hydrogens (primary N) is 1. The zero-order valence-corrected chi connectivity index (χ0v) is 12.4. The van der Waals surface area contributed by atoms with Gasteiger partial charge in [0.15, 0.2) is 0 Å². The summed E-state index contributed by atoms with van der Waals surface area (Å²) in [7, 11) is -3.55. The predicted molar refractivity (Wildman–Crippen MR) is 78.9 cm³/mol. The molecule has 0 saturated heterocycles. The Hall–Kier alpha value is -1.11. The molecule has 0 radical (unpaired) electrons. The Morgan fingerprint density at radius 3 is 2.60 bits per heavy atom. The van der Waals surface area contributed by atoms with Crippen molar-refractivity contribution in [3.8, 4) is 0 Å². The normalized spacial score (nSPS) is 17.2. The third-order valence-electron chi connectivity index (χ3n) is 3.51. The van der Waals surface area contributed by atoms with Crippen molar-refractivity contribution in [2.45, 2.75) is 43.1 Å². The number of hydrogen-bond acceptors (Lipinski definition) is 4. The summed E-state index contributed by atoms with van der Waals surface area (Å²) in [6.45, 7) is 0.670. The van der Waals surface area contributed by atoms with Gasteiger partial charge in [-0.05, 0) is 25.0 Å². The van der Waals surface area contributed by atoms with Gasteiger partial charge < -0.3 is 10.5 Å². The van der Waals surface area contributed by atoms with Gasteiger partial charge in [-0.15, -0.1) is 0 Å². The standard InChI is InChI=1S/C14H22N2O3S/c15-13-8-4-5-9-14(13)20(17,18)16-10-11-19-12-6-2-1-3-7-12/h4-5,8-9,12,16H,1-3,6-7,10-11,15H2. The molecule has 112 valence electrons. The molecule has 1 aliphatic rings. The maximum atomic E-state index is 12.1. The third-order valence-corrected chi connectivity index (χ3v) is 5.04. The van der Waals surface area contributed by atoms with E-state index in [2.05, 4.69) is 4.72 Å². The van der Waals surface area contributed by atoms with Crippen LogP contribution < -0.4 is 10.5 Å². The third kappa shape index (κ3) is 4.19. The first kappa shape index (κ1) is 15.3. The molecular weight excluding hydrogens is 276 g/mol. The lowest BCUT2D eigenvalue weighted by atomic mass is 9.98. The number of hydrogen-bond donors (Lipinski definition) is 2. The molecule has 1 aromatic rings. The number of nitrogens with one attached hydrogen (secondary N) is 1. The summed E-state index contributed by atoms with van der Waals surface area (Å²) < 4.78 is 32.3. The van der Waals surface area contributed by atoms with E-state index in [9.17, 15) is 8.42 Å². The van der Waals surface area contributed by atoms with Crippen LogP contribution in [-0.2, 0) is 14.8 Å². The van der Waals surface area contributed by atoms with E-state index in [1.165, 1.54) is 25.3 Å². The van der Waals surface area contributed by atoms with Crippen LogP contribution in [0.25, 0.3) is 0 Å². The molecule has 0 unspecified atom stereocenters. The van der Waals surface area contributed by atoms with Crippen LogP contribution >= 0.6 is 0 Å². The zero-order valence-electron chi connectivity index (χ0n) is 11.5. The lowest BCUT2D eigenvalue weighted by Gasteiger charge is -2.22. The Balaban J connectivity index is 1.79. The fourth-order valence-corrected chi connectivity index (χ4v) is 3.58. The van der Waals surface area contributed by atoms with E-state index in [0.717, 1.165) is 12.8 Å². The average molecular weight is 298 g/mol. The van der Waals surface area contributed by atoms with Crippen LogP contribution in [0.3, 0.4) is 0 Å². The number of rotatable bonds is 6. The van der Waals surface area contributed by atoms with Gasteiger partial charge in [0, 0.05) is 6.54 Å². The van der Waals surface area contributed by atoms with Gasteiger partial charge >= 0.3 is 0 Å². The second-order valence-electron chi connectivity index (χ2n) is 5.07. The highest BCUT2D eigenvalue weighted by Crippen LogP contribution is 2.20. The average Bonchev–Trinajstić information content (AvgIpc) is 2.45. The second-order valence-corrected chi connectivity index (χ2v) is 6.80. The van der Waals surface area contributed by atoms with Crippen molar-refractivity contribution in [2.24, 2.45) is 0 Å². The van der Waals surface area contributed by atoms with Crippen molar-refractivity contribution in [1.82, 2.24) is 4.72 Å². The molecule has 0 amide bonds. The van der Waals surface area contributed by atoms with Crippen molar-refractivity contribution in [3.05, 3.63) is 24.3 Å². The van der Waals surface area contributed by atoms with E-state index in [1.807, 2.05) is 0 Å². The molecule has 0 atom stereocenters. The van der Waals surface area contributed by atoms with Crippen LogP contribution in [0.5, 0.6) is 0 Å². The van der Waals surface area contributed by atoms with E-state index in [4.69, 9.17) is 10.5 Å². The first-order valence-electron chi connectivity index (χ1n) is 7.05. The summed E-state index contributed by atoms with van der Waals surface area (Å²) in [5.41, 5.74) is 5.93. The van der Waals surface area contributed by atoms with Crippen LogP contribution in [0.2, 0.25) is 0 Å². The van der Waals surface area contributed by atoms with Crippen LogP contribution in [0, 0.1) is 0 Å². The van der Waals surface area contributed by atoms with Crippen molar-refractivity contribution in [1.29, 1.82) is 0 Å². The van der Waals surface area contributed by atoms with Gasteiger partial charge in [-0.25, -0.2) is 13.1 Å². The largest absolute Gasteiger partial charge is 0.398 e. The molecule has 1 aliphatic carbocycles. The minimum absolute atomic E-state index is 0.123. The molecule has 6 heteroatoms. The summed E-state index contributed by atoms with van der Waals surface area (Å²) in [5.74, 6) is 0. The van der Waals surface area contributed by atoms with Gasteiger partial charge in [0.05, 0.1) is 18.4 Å². The Morgan fingerprint density at radius 2 is 1.90 bits per heavy atom. The Labute approximate surface area is 120 Å². The molecule has 0 spiro atoms. The topological polar surface area (TPSA) is 81.4 Å². The van der Waals surface area contributed by atoms with Gasteiger partial charge in [-0.2, -0.15) is 0 Å². The molecule has 0 bridgehead atoms. The van der Waals surface area contributed by atoms with Crippen LogP contribution in [0.1, 0.15) is 32.1 Å². The fraction of sp³-hybridized carbons (Fsp3) is 0.571. The first-order valence-corrected chi connectivity index (χ1v) is 8.54. The molecule has 2 rings (SSSR count). The molecule has 1 aromatic carbocycles. The first-order chi connectivity index (χ1) is 9.59. The highest BCUT2D eigenvalue weighted by atomic mass is 32.2. The highest BCUT2D eigenvalue weighted by Gasteiger charge is 2.17. The van der Waals surface area contributed by atoms with Crippen LogP contribution in [0.15, 0.2) is 29.2 Å². The molecular formula is C14H22N2O3S. The number of para-hydroxylation sites is 1. The molecule has 1 saturated carbocycles. The smallest absolute Gasteiger partial charge is 0.242 e. The zero-order chi connectivity index (χ0) is 14.4. The number of anilines is 1. The lowest BCUT2D eigenvalue weighted by molar-refractivity contribution is 0.0321. The molecule has 20 heavy (non-hydrogen) atoms. The van der Waals surface area contributed by atoms with Crippen LogP contribution in [-0.4, -0.2) is 27.7 Å². The summed E-state index contributed by atoms with van der Waals surface area (Å²) >= 11 is 0. The van der Waals surface area contributed by atoms with Crippen molar-refractivity contribution in [2.75, 3.05) is 18.9 Å². The highest BCUT2D eigenvalue weighted by molar-refractivity contribution is 7.89. The molecule has 3 N–H and O–H groups in total. The van der Waals surface area contributed by atoms with E-state index < -0.39 is 10.0 Å². The fourth-order valence-electron chi connectivity index (χ4n) is 2.44. The summed E-state index contributed by atoms with van der Waals surface area (Å²) in [5, 5.41) is 0. The number of nitrogen functional groups attached to an aromatic ring is 1. The van der Waals surface area contributed by atoms with Gasteiger partial charge in [-0.3, -0.25) is 0 Å². The van der Waals surface area contributed by atoms with Gasteiger partial charge in [0.2, 0.25) is 10.0 Å². The quantitative estimate of drug-likeness (QED) is 0.621. The monoisotopic (exact) mass is 298 g/mol. The van der Waals surface area contributed by atoms with Gasteiger partial charge in [0.1, 0.15) is 4.90 Å².